The number of carbonyl (C=O) groups excluding carboxylic acids is 1. The van der Waals surface area contributed by atoms with E-state index in [1.807, 2.05) is 34.6 Å². The zero-order valence-electron chi connectivity index (χ0n) is 13.0. The maximum Gasteiger partial charge on any atom is 0.410 e. The molecule has 5 nitrogen and oxygen atoms in total. The zero-order valence-corrected chi connectivity index (χ0v) is 13.0. The van der Waals surface area contributed by atoms with Crippen LogP contribution in [0.15, 0.2) is 0 Å². The number of amides is 1. The van der Waals surface area contributed by atoms with Crippen molar-refractivity contribution in [3.05, 3.63) is 0 Å². The Morgan fingerprint density at radius 1 is 1.11 bits per heavy atom. The third-order valence-corrected chi connectivity index (χ3v) is 3.10. The molecule has 0 aromatic rings. The van der Waals surface area contributed by atoms with E-state index in [1.165, 1.54) is 0 Å². The molecule has 0 aromatic heterocycles. The van der Waals surface area contributed by atoms with Crippen molar-refractivity contribution in [1.29, 1.82) is 0 Å². The van der Waals surface area contributed by atoms with Crippen LogP contribution >= 0.6 is 0 Å². The summed E-state index contributed by atoms with van der Waals surface area (Å²) < 4.78 is 5.38. The van der Waals surface area contributed by atoms with Crippen molar-refractivity contribution >= 4 is 6.09 Å². The Morgan fingerprint density at radius 3 is 2.05 bits per heavy atom. The summed E-state index contributed by atoms with van der Waals surface area (Å²) in [6.07, 6.45) is 0.769. The van der Waals surface area contributed by atoms with Crippen LogP contribution in [-0.2, 0) is 4.74 Å². The number of nitrogens with zero attached hydrogens (tertiary/aromatic N) is 2. The fraction of sp³-hybridized carbons (Fsp3) is 0.929. The molecule has 1 amide bonds. The average molecular weight is 271 g/mol. The fourth-order valence-electron chi connectivity index (χ4n) is 1.93. The largest absolute Gasteiger partial charge is 0.444 e. The van der Waals surface area contributed by atoms with Crippen molar-refractivity contribution in [1.82, 2.24) is 9.80 Å². The molecular formula is C14H29N3O2. The molecule has 19 heavy (non-hydrogen) atoms. The average Bonchev–Trinajstić information content (AvgIpc) is 2.23. The van der Waals surface area contributed by atoms with Crippen molar-refractivity contribution < 1.29 is 9.53 Å². The normalized spacial score (nSPS) is 18.5. The predicted molar refractivity (Wildman–Crippen MR) is 77.1 cm³/mol. The van der Waals surface area contributed by atoms with Crippen molar-refractivity contribution in [3.8, 4) is 0 Å². The van der Waals surface area contributed by atoms with Crippen LogP contribution in [0.4, 0.5) is 4.79 Å². The van der Waals surface area contributed by atoms with Gasteiger partial charge in [-0.25, -0.2) is 4.79 Å². The molecule has 2 N–H and O–H groups in total. The summed E-state index contributed by atoms with van der Waals surface area (Å²) in [5.41, 5.74) is 5.44. The van der Waals surface area contributed by atoms with E-state index < -0.39 is 5.60 Å². The van der Waals surface area contributed by atoms with Crippen LogP contribution < -0.4 is 5.73 Å². The first-order valence-electron chi connectivity index (χ1n) is 7.06. The molecule has 0 atom stereocenters. The van der Waals surface area contributed by atoms with Gasteiger partial charge in [-0.3, -0.25) is 4.90 Å². The van der Waals surface area contributed by atoms with Gasteiger partial charge in [0.15, 0.2) is 0 Å². The van der Waals surface area contributed by atoms with Gasteiger partial charge >= 0.3 is 6.09 Å². The summed E-state index contributed by atoms with van der Waals surface area (Å²) >= 11 is 0. The van der Waals surface area contributed by atoms with E-state index in [4.69, 9.17) is 10.5 Å². The number of rotatable bonds is 3. The number of hydrogen-bond donors (Lipinski definition) is 1. The molecule has 0 aromatic carbocycles. The van der Waals surface area contributed by atoms with Crippen LogP contribution in [0.3, 0.4) is 0 Å². The van der Waals surface area contributed by atoms with Crippen molar-refractivity contribution in [2.24, 2.45) is 5.73 Å². The molecule has 0 bridgehead atoms. The predicted octanol–water partition coefficient (Wildman–Crippen LogP) is 1.67. The molecule has 1 aliphatic rings. The lowest BCUT2D eigenvalue weighted by atomic mass is 10.0. The molecule has 5 heteroatoms. The van der Waals surface area contributed by atoms with Crippen LogP contribution in [-0.4, -0.2) is 59.8 Å². The highest BCUT2D eigenvalue weighted by molar-refractivity contribution is 5.68. The van der Waals surface area contributed by atoms with Gasteiger partial charge in [0.1, 0.15) is 5.60 Å². The minimum Gasteiger partial charge on any atom is -0.444 e. The van der Waals surface area contributed by atoms with Crippen LogP contribution in [0.1, 0.15) is 41.0 Å². The Labute approximate surface area is 117 Å². The quantitative estimate of drug-likeness (QED) is 0.848. The smallest absolute Gasteiger partial charge is 0.410 e. The monoisotopic (exact) mass is 271 g/mol. The third-order valence-electron chi connectivity index (χ3n) is 3.10. The topological polar surface area (TPSA) is 58.8 Å². The lowest BCUT2D eigenvalue weighted by Crippen LogP contribution is -2.51. The Bertz CT molecular complexity index is 297. The van der Waals surface area contributed by atoms with E-state index in [1.54, 1.807) is 4.90 Å². The molecule has 1 heterocycles. The highest BCUT2D eigenvalue weighted by atomic mass is 16.6. The summed E-state index contributed by atoms with van der Waals surface area (Å²) in [7, 11) is 0. The summed E-state index contributed by atoms with van der Waals surface area (Å²) in [6, 6.07) is 0. The Kier molecular flexibility index (Phi) is 5.21. The molecular weight excluding hydrogens is 242 g/mol. The number of hydrogen-bond acceptors (Lipinski definition) is 4. The zero-order chi connectivity index (χ0) is 14.7. The molecule has 112 valence electrons. The first-order valence-corrected chi connectivity index (χ1v) is 7.06. The van der Waals surface area contributed by atoms with Crippen LogP contribution in [0.25, 0.3) is 0 Å². The Hall–Kier alpha value is -0.810. The van der Waals surface area contributed by atoms with Gasteiger partial charge in [0.2, 0.25) is 0 Å². The van der Waals surface area contributed by atoms with Crippen LogP contribution in [0, 0.1) is 0 Å². The van der Waals surface area contributed by atoms with E-state index in [0.717, 1.165) is 39.1 Å². The van der Waals surface area contributed by atoms with Gasteiger partial charge in [0, 0.05) is 38.3 Å². The van der Waals surface area contributed by atoms with Crippen LogP contribution in [0.5, 0.6) is 0 Å². The van der Waals surface area contributed by atoms with Crippen LogP contribution in [0.2, 0.25) is 0 Å². The molecule has 1 saturated heterocycles. The molecule has 0 spiro atoms. The number of piperazine rings is 1. The molecule has 1 fully saturated rings. The second kappa shape index (κ2) is 6.09. The van der Waals surface area contributed by atoms with E-state index in [-0.39, 0.29) is 11.6 Å². The van der Waals surface area contributed by atoms with Gasteiger partial charge in [0.05, 0.1) is 0 Å². The van der Waals surface area contributed by atoms with E-state index in [9.17, 15) is 4.79 Å². The number of ether oxygens (including phenoxy) is 1. The maximum atomic E-state index is 11.9. The minimum absolute atomic E-state index is 0.123. The SMILES string of the molecule is CC(C)(N)CCN1CCN(C(=O)OC(C)(C)C)CC1. The highest BCUT2D eigenvalue weighted by Crippen LogP contribution is 2.13. The van der Waals surface area contributed by atoms with Crippen molar-refractivity contribution in [2.45, 2.75) is 52.2 Å². The first-order chi connectivity index (χ1) is 8.57. The van der Waals surface area contributed by atoms with Crippen molar-refractivity contribution in [2.75, 3.05) is 32.7 Å². The number of nitrogens with two attached hydrogens (primary N) is 1. The fourth-order valence-corrected chi connectivity index (χ4v) is 1.93. The summed E-state index contributed by atoms with van der Waals surface area (Å²) in [5, 5.41) is 0. The van der Waals surface area contributed by atoms with Crippen molar-refractivity contribution in [3.63, 3.8) is 0 Å². The maximum absolute atomic E-state index is 11.9. The minimum atomic E-state index is -0.419. The molecule has 1 aliphatic heterocycles. The van der Waals surface area contributed by atoms with Gasteiger partial charge < -0.3 is 15.4 Å². The summed E-state index contributed by atoms with van der Waals surface area (Å²) in [6.45, 7) is 14.0. The second-order valence-corrected chi connectivity index (χ2v) is 7.05. The van der Waals surface area contributed by atoms with E-state index in [2.05, 4.69) is 4.90 Å². The molecule has 0 saturated carbocycles. The summed E-state index contributed by atoms with van der Waals surface area (Å²) in [5.74, 6) is 0. The summed E-state index contributed by atoms with van der Waals surface area (Å²) in [4.78, 5) is 16.0. The van der Waals surface area contributed by atoms with Gasteiger partial charge in [-0.15, -0.1) is 0 Å². The van der Waals surface area contributed by atoms with Gasteiger partial charge in [0.25, 0.3) is 0 Å². The third kappa shape index (κ3) is 6.78. The number of carbonyl (C=O) groups is 1. The van der Waals surface area contributed by atoms with E-state index in [0.29, 0.717) is 0 Å². The lowest BCUT2D eigenvalue weighted by molar-refractivity contribution is 0.0141. The second-order valence-electron chi connectivity index (χ2n) is 7.05. The van der Waals surface area contributed by atoms with E-state index >= 15 is 0 Å². The van der Waals surface area contributed by atoms with Gasteiger partial charge in [-0.05, 0) is 41.0 Å². The van der Waals surface area contributed by atoms with Gasteiger partial charge in [-0.2, -0.15) is 0 Å². The molecule has 0 unspecified atom stereocenters. The lowest BCUT2D eigenvalue weighted by Gasteiger charge is -2.36. The Morgan fingerprint density at radius 2 is 1.63 bits per heavy atom. The molecule has 1 rings (SSSR count). The molecule has 0 radical (unpaired) electrons. The van der Waals surface area contributed by atoms with Gasteiger partial charge in [-0.1, -0.05) is 0 Å². The first kappa shape index (κ1) is 16.2. The Balaban J connectivity index is 2.31. The standard InChI is InChI=1S/C14H29N3O2/c1-13(2,3)19-12(18)17-10-8-16(9-11-17)7-6-14(4,5)15/h6-11,15H2,1-5H3. The molecule has 0 aliphatic carbocycles. The highest BCUT2D eigenvalue weighted by Gasteiger charge is 2.26.